The normalized spacial score (nSPS) is 13.5. The molecule has 5 heterocycles. The number of carbonyl (C=O) groups is 2. The second-order valence-electron chi connectivity index (χ2n) is 17.0. The van der Waals surface area contributed by atoms with Crippen LogP contribution in [0.15, 0.2) is 89.6 Å². The first kappa shape index (κ1) is 50.1. The average Bonchev–Trinajstić information content (AvgIpc) is 3.87. The Morgan fingerprint density at radius 1 is 0.619 bits per heavy atom. The molecule has 3 aromatic heterocycles. The van der Waals surface area contributed by atoms with Crippen LogP contribution >= 0.6 is 0 Å². The minimum absolute atomic E-state index is 0. The van der Waals surface area contributed by atoms with Crippen molar-refractivity contribution in [3.8, 4) is 0 Å². The first-order valence-electron chi connectivity index (χ1n) is 21.9. The van der Waals surface area contributed by atoms with Crippen molar-refractivity contribution in [3.63, 3.8) is 0 Å². The Balaban J connectivity index is 0.00000871. The van der Waals surface area contributed by atoms with Crippen LogP contribution in [0.5, 0.6) is 0 Å². The summed E-state index contributed by atoms with van der Waals surface area (Å²) >= 11 is 0. The topological polar surface area (TPSA) is 134 Å². The number of aromatic nitrogens is 4. The van der Waals surface area contributed by atoms with Crippen molar-refractivity contribution >= 4 is 62.4 Å². The maximum absolute atomic E-state index is 11.7. The number of rotatable bonds is 19. The molecule has 0 spiro atoms. The Morgan fingerprint density at radius 2 is 1.13 bits per heavy atom. The summed E-state index contributed by atoms with van der Waals surface area (Å²) in [6.07, 6.45) is 22.8. The first-order chi connectivity index (χ1) is 29.6. The van der Waals surface area contributed by atoms with Crippen molar-refractivity contribution in [1.82, 2.24) is 19.9 Å². The van der Waals surface area contributed by atoms with Gasteiger partial charge in [0, 0.05) is 34.6 Å². The predicted molar refractivity (Wildman–Crippen MR) is 253 cm³/mol. The quantitative estimate of drug-likeness (QED) is 0.0858. The molecule has 9 heteroatoms. The smallest absolute Gasteiger partial charge is 0.0700 e. The number of carboxylic acid groups (broad SMARTS) is 2. The van der Waals surface area contributed by atoms with Crippen LogP contribution in [0.3, 0.4) is 0 Å². The van der Waals surface area contributed by atoms with E-state index in [9.17, 15) is 19.8 Å². The molecule has 334 valence electrons. The van der Waals surface area contributed by atoms with E-state index >= 15 is 0 Å². The van der Waals surface area contributed by atoms with E-state index < -0.39 is 11.9 Å². The van der Waals surface area contributed by atoms with Crippen molar-refractivity contribution in [2.24, 2.45) is 0 Å². The zero-order valence-electron chi connectivity index (χ0n) is 38.6. The van der Waals surface area contributed by atoms with Gasteiger partial charge in [0.1, 0.15) is 0 Å². The number of nitrogens with zero attached hydrogens (tertiary/aromatic N) is 4. The molecule has 0 N–H and O–H groups in total. The average molecular weight is 887 g/mol. The van der Waals surface area contributed by atoms with E-state index in [2.05, 4.69) is 84.6 Å². The number of hydrogen-bond acceptors (Lipinski definition) is 6. The van der Waals surface area contributed by atoms with Gasteiger partial charge < -0.3 is 29.8 Å². The Kier molecular flexibility index (Phi) is 18.5. The van der Waals surface area contributed by atoms with Crippen LogP contribution in [0.4, 0.5) is 0 Å². The molecule has 0 amide bonds. The van der Waals surface area contributed by atoms with Crippen molar-refractivity contribution in [1.29, 1.82) is 0 Å². The van der Waals surface area contributed by atoms with Crippen LogP contribution in [0.1, 0.15) is 158 Å². The molecule has 0 atom stereocenters. The van der Waals surface area contributed by atoms with Gasteiger partial charge in [0.05, 0.1) is 22.8 Å². The molecule has 63 heavy (non-hydrogen) atoms. The van der Waals surface area contributed by atoms with E-state index in [0.717, 1.165) is 106 Å². The fraction of sp³-hybridized carbons (Fsp3) is 0.370. The van der Waals surface area contributed by atoms with E-state index in [-0.39, 0.29) is 42.8 Å². The molecule has 2 aliphatic heterocycles. The summed E-state index contributed by atoms with van der Waals surface area (Å²) < 4.78 is 0. The Bertz CT molecular complexity index is 2620. The molecule has 3 aromatic rings. The molecule has 0 unspecified atom stereocenters. The largest absolute Gasteiger partial charge is 0.657 e. The molecule has 0 radical (unpaired) electrons. The number of allylic oxidation sites excluding steroid dienone is 14. The molecular formula is C54H62FeN4O4-4. The molecule has 2 aliphatic rings. The van der Waals surface area contributed by atoms with Crippen LogP contribution in [0.25, 0.3) is 50.4 Å². The fourth-order valence-electron chi connectivity index (χ4n) is 8.00. The summed E-state index contributed by atoms with van der Waals surface area (Å²) in [5.74, 6) is -2.31. The fourth-order valence-corrected chi connectivity index (χ4v) is 8.00. The first-order valence-corrected chi connectivity index (χ1v) is 21.9. The number of carboxylic acids is 2. The molecule has 0 aromatic carbocycles. The summed E-state index contributed by atoms with van der Waals surface area (Å²) in [5, 5.41) is 23.2. The van der Waals surface area contributed by atoms with Crippen molar-refractivity contribution in [2.75, 3.05) is 0 Å². The number of fused-ring (bicyclic) bond motifs is 8. The monoisotopic (exact) mass is 886 g/mol. The molecule has 5 rings (SSSR count). The van der Waals surface area contributed by atoms with Crippen molar-refractivity contribution in [2.45, 2.75) is 133 Å². The molecule has 8 bridgehead atoms. The van der Waals surface area contributed by atoms with Gasteiger partial charge in [-0.2, -0.15) is 0 Å². The van der Waals surface area contributed by atoms with Gasteiger partial charge in [-0.25, -0.2) is 9.97 Å². The maximum Gasteiger partial charge on any atom is 0.0700 e. The molecule has 8 nitrogen and oxygen atoms in total. The van der Waals surface area contributed by atoms with Crippen molar-refractivity contribution < 1.29 is 36.9 Å². The van der Waals surface area contributed by atoms with E-state index in [1.807, 2.05) is 45.0 Å². The number of hydrogen-bond donors (Lipinski definition) is 0. The third kappa shape index (κ3) is 13.5. The van der Waals surface area contributed by atoms with E-state index in [1.54, 1.807) is 6.08 Å². The van der Waals surface area contributed by atoms with Gasteiger partial charge in [0.25, 0.3) is 0 Å². The summed E-state index contributed by atoms with van der Waals surface area (Å²) in [4.78, 5) is 43.5. The Hall–Kier alpha value is -5.50. The van der Waals surface area contributed by atoms with Gasteiger partial charge in [-0.05, 0) is 155 Å². The molecule has 0 aliphatic carbocycles. The van der Waals surface area contributed by atoms with E-state index in [1.165, 1.54) is 22.3 Å². The Morgan fingerprint density at radius 3 is 1.75 bits per heavy atom. The third-order valence-corrected chi connectivity index (χ3v) is 11.9. The van der Waals surface area contributed by atoms with Crippen LogP contribution < -0.4 is 20.2 Å². The second-order valence-corrected chi connectivity index (χ2v) is 17.0. The molecule has 0 saturated heterocycles. The Labute approximate surface area is 385 Å². The zero-order chi connectivity index (χ0) is 45.1. The second kappa shape index (κ2) is 23.3. The van der Waals surface area contributed by atoms with Crippen LogP contribution in [-0.4, -0.2) is 21.9 Å². The van der Waals surface area contributed by atoms with E-state index in [0.29, 0.717) is 28.1 Å². The third-order valence-electron chi connectivity index (χ3n) is 11.9. The van der Waals surface area contributed by atoms with Gasteiger partial charge in [-0.1, -0.05) is 112 Å². The van der Waals surface area contributed by atoms with Crippen LogP contribution in [0.2, 0.25) is 0 Å². The molecule has 0 saturated carbocycles. The molecule has 0 fully saturated rings. The molecular weight excluding hydrogens is 824 g/mol. The minimum atomic E-state index is -1.15. The standard InChI is InChI=1S/C54H66N4O4.Fe/c1-11-41-37(7)47-31-50-42(24-13-12-18-34(4)20-15-22-36(6)23-16-21-35(5)19-14-17-33(2)3)38(8)45(56-50)29-46-39(9)43(25-27-53(59)60)51(57-46)32-52-44(26-28-54(61)62)40(10)48(58-52)30-49(41)55-47;/h11,13,17-18,21-22,24,29-32H,1,12,14-16,19-20,23,25-28H2,2-10H3,(H4,55,56,57,58,59,60,61,62);/p-4/b24-13+,34-18+,35-21+,36-22+,45-29?,46-29?,47-31?,48-30?,49-30?,50-31?,51-32?,52-32?;. The van der Waals surface area contributed by atoms with Crippen LogP contribution in [0, 0.1) is 13.8 Å². The van der Waals surface area contributed by atoms with Gasteiger partial charge in [-0.15, -0.1) is 22.1 Å². The minimum Gasteiger partial charge on any atom is -0.657 e. The summed E-state index contributed by atoms with van der Waals surface area (Å²) in [6, 6.07) is 7.72. The van der Waals surface area contributed by atoms with Gasteiger partial charge >= 0.3 is 0 Å². The van der Waals surface area contributed by atoms with Crippen LogP contribution in [-0.2, 0) is 33.1 Å². The maximum atomic E-state index is 11.7. The summed E-state index contributed by atoms with van der Waals surface area (Å²) in [5.41, 5.74) is 18.1. The number of carbonyl (C=O) groups excluding carboxylic acids is 2. The van der Waals surface area contributed by atoms with E-state index in [4.69, 9.17) is 19.9 Å². The predicted octanol–water partition coefficient (Wildman–Crippen LogP) is 11.0. The summed E-state index contributed by atoms with van der Waals surface area (Å²) in [6.45, 7) is 23.0. The number of aryl methyl sites for hydroxylation is 3. The van der Waals surface area contributed by atoms with Gasteiger partial charge in [-0.3, -0.25) is 0 Å². The SMILES string of the molecule is C=CC1=C(C)c2cc3[n-]c(cc4nc(cc5[n-]c(cc1n2)c(C)c5CCC(=O)[O-])C(CCC(=O)[O-])=C4C)c(C)c3/C=C/C/C=C(\C)CC/C=C(\C)CC/C=C(\C)CCC=C(C)C.[Fe]. The van der Waals surface area contributed by atoms with Gasteiger partial charge in [0.15, 0.2) is 0 Å². The van der Waals surface area contributed by atoms with Gasteiger partial charge in [0.2, 0.25) is 0 Å². The number of aliphatic carboxylic acids is 2. The van der Waals surface area contributed by atoms with Crippen molar-refractivity contribution in [3.05, 3.63) is 135 Å². The summed E-state index contributed by atoms with van der Waals surface area (Å²) in [7, 11) is 0. The zero-order valence-corrected chi connectivity index (χ0v) is 39.7.